The molecule has 6 nitrogen and oxygen atoms in total. The second-order valence-electron chi connectivity index (χ2n) is 5.51. The van der Waals surface area contributed by atoms with Crippen molar-refractivity contribution in [3.63, 3.8) is 0 Å². The van der Waals surface area contributed by atoms with Crippen molar-refractivity contribution in [1.29, 1.82) is 0 Å². The summed E-state index contributed by atoms with van der Waals surface area (Å²) in [6.45, 7) is 7.84. The number of nitrogens with two attached hydrogens (primary N) is 1. The summed E-state index contributed by atoms with van der Waals surface area (Å²) >= 11 is 1.40. The lowest BCUT2D eigenvalue weighted by Gasteiger charge is -2.32. The van der Waals surface area contributed by atoms with Crippen molar-refractivity contribution >= 4 is 28.2 Å². The van der Waals surface area contributed by atoms with Crippen LogP contribution in [0.15, 0.2) is 0 Å². The van der Waals surface area contributed by atoms with Gasteiger partial charge >= 0.3 is 0 Å². The van der Waals surface area contributed by atoms with E-state index in [0.717, 1.165) is 31.3 Å². The van der Waals surface area contributed by atoms with Gasteiger partial charge < -0.3 is 20.4 Å². The summed E-state index contributed by atoms with van der Waals surface area (Å²) in [5.41, 5.74) is 5.93. The van der Waals surface area contributed by atoms with E-state index in [0.29, 0.717) is 10.7 Å². The lowest BCUT2D eigenvalue weighted by atomic mass is 10.3. The van der Waals surface area contributed by atoms with Crippen molar-refractivity contribution in [2.75, 3.05) is 50.9 Å². The van der Waals surface area contributed by atoms with Crippen LogP contribution in [0.25, 0.3) is 0 Å². The molecule has 0 atom stereocenters. The largest absolute Gasteiger partial charge is 0.382 e. The van der Waals surface area contributed by atoms with E-state index in [1.165, 1.54) is 11.3 Å². The molecule has 1 aliphatic heterocycles. The first-order valence-electron chi connectivity index (χ1n) is 6.87. The molecular formula is C13H23N5OS. The highest BCUT2D eigenvalue weighted by Crippen LogP contribution is 2.29. The van der Waals surface area contributed by atoms with E-state index in [-0.39, 0.29) is 11.9 Å². The van der Waals surface area contributed by atoms with Crippen LogP contribution in [-0.4, -0.2) is 67.0 Å². The first-order chi connectivity index (χ1) is 9.40. The molecule has 2 N–H and O–H groups in total. The molecule has 1 fully saturated rings. The Morgan fingerprint density at radius 3 is 2.50 bits per heavy atom. The van der Waals surface area contributed by atoms with Crippen molar-refractivity contribution in [3.05, 3.63) is 4.88 Å². The van der Waals surface area contributed by atoms with E-state index < -0.39 is 0 Å². The zero-order valence-corrected chi connectivity index (χ0v) is 13.4. The Morgan fingerprint density at radius 2 is 1.95 bits per heavy atom. The summed E-state index contributed by atoms with van der Waals surface area (Å²) in [5.74, 6) is 0.303. The van der Waals surface area contributed by atoms with Gasteiger partial charge in [0.15, 0.2) is 5.13 Å². The molecule has 20 heavy (non-hydrogen) atoms. The molecule has 0 saturated carbocycles. The average Bonchev–Trinajstić information content (AvgIpc) is 2.79. The van der Waals surface area contributed by atoms with Crippen LogP contribution in [0.2, 0.25) is 0 Å². The number of thiazole rings is 1. The minimum Gasteiger partial charge on any atom is -0.382 e. The second-order valence-corrected chi connectivity index (χ2v) is 6.49. The van der Waals surface area contributed by atoms with E-state index >= 15 is 0 Å². The van der Waals surface area contributed by atoms with Crippen LogP contribution in [0.5, 0.6) is 0 Å². The minimum absolute atomic E-state index is 0.0459. The fourth-order valence-electron chi connectivity index (χ4n) is 2.00. The predicted octanol–water partition coefficient (Wildman–Crippen LogP) is 0.958. The molecule has 2 heterocycles. The Labute approximate surface area is 124 Å². The highest BCUT2D eigenvalue weighted by atomic mass is 32.1. The molecule has 0 spiro atoms. The molecule has 0 aliphatic carbocycles. The van der Waals surface area contributed by atoms with Gasteiger partial charge in [0.1, 0.15) is 10.7 Å². The molecule has 2 rings (SSSR count). The molecule has 1 aromatic rings. The van der Waals surface area contributed by atoms with Gasteiger partial charge in [-0.05, 0) is 20.9 Å². The lowest BCUT2D eigenvalue weighted by Crippen LogP contribution is -2.44. The van der Waals surface area contributed by atoms with Gasteiger partial charge in [0, 0.05) is 39.3 Å². The molecule has 1 amide bonds. The third-order valence-corrected chi connectivity index (χ3v) is 4.83. The first-order valence-corrected chi connectivity index (χ1v) is 7.68. The number of nitrogens with zero attached hydrogens (tertiary/aromatic N) is 4. The van der Waals surface area contributed by atoms with Gasteiger partial charge in [0.05, 0.1) is 0 Å². The topological polar surface area (TPSA) is 65.7 Å². The summed E-state index contributed by atoms with van der Waals surface area (Å²) in [5, 5.41) is 0.858. The zero-order chi connectivity index (χ0) is 14.9. The van der Waals surface area contributed by atoms with E-state index in [9.17, 15) is 4.79 Å². The molecule has 7 heteroatoms. The Balaban J connectivity index is 2.15. The van der Waals surface area contributed by atoms with Gasteiger partial charge in [-0.1, -0.05) is 11.3 Å². The molecule has 0 aromatic carbocycles. The molecule has 112 valence electrons. The summed E-state index contributed by atoms with van der Waals surface area (Å²) in [6.07, 6.45) is 0. The van der Waals surface area contributed by atoms with Crippen LogP contribution in [0.3, 0.4) is 0 Å². The van der Waals surface area contributed by atoms with E-state index in [1.807, 2.05) is 13.8 Å². The fraction of sp³-hybridized carbons (Fsp3) is 0.692. The maximum absolute atomic E-state index is 12.3. The number of amides is 1. The second kappa shape index (κ2) is 5.97. The normalized spacial score (nSPS) is 16.8. The highest BCUT2D eigenvalue weighted by Gasteiger charge is 2.24. The van der Waals surface area contributed by atoms with E-state index in [4.69, 9.17) is 5.73 Å². The van der Waals surface area contributed by atoms with Crippen molar-refractivity contribution in [2.45, 2.75) is 19.9 Å². The number of nitrogen functional groups attached to an aromatic ring is 1. The number of carbonyl (C=O) groups is 1. The summed E-state index contributed by atoms with van der Waals surface area (Å²) in [4.78, 5) is 23.5. The molecule has 0 unspecified atom stereocenters. The van der Waals surface area contributed by atoms with Gasteiger partial charge in [-0.25, -0.2) is 4.98 Å². The number of hydrogen-bond acceptors (Lipinski definition) is 6. The van der Waals surface area contributed by atoms with Crippen LogP contribution in [0.1, 0.15) is 23.5 Å². The minimum atomic E-state index is -0.0459. The number of piperazine rings is 1. The molecule has 0 radical (unpaired) electrons. The number of hydrogen-bond donors (Lipinski definition) is 1. The average molecular weight is 297 g/mol. The van der Waals surface area contributed by atoms with Crippen molar-refractivity contribution in [1.82, 2.24) is 14.8 Å². The number of likely N-dealkylation sites (N-methyl/N-ethyl adjacent to an activating group) is 1. The Kier molecular flexibility index (Phi) is 4.49. The predicted molar refractivity (Wildman–Crippen MR) is 83.5 cm³/mol. The lowest BCUT2D eigenvalue weighted by molar-refractivity contribution is 0.0760. The van der Waals surface area contributed by atoms with Gasteiger partial charge in [-0.15, -0.1) is 0 Å². The standard InChI is InChI=1S/C13H23N5OS/c1-9(2)17(4)12(19)10-11(14)15-13(20-10)18-7-5-16(3)6-8-18/h9H,5-8,14H2,1-4H3. The Hall–Kier alpha value is -1.34. The summed E-state index contributed by atoms with van der Waals surface area (Å²) in [7, 11) is 3.90. The third kappa shape index (κ3) is 3.04. The molecular weight excluding hydrogens is 274 g/mol. The Bertz CT molecular complexity index is 479. The van der Waals surface area contributed by atoms with Gasteiger partial charge in [0.2, 0.25) is 0 Å². The van der Waals surface area contributed by atoms with Gasteiger partial charge in [-0.3, -0.25) is 4.79 Å². The van der Waals surface area contributed by atoms with E-state index in [2.05, 4.69) is 21.8 Å². The SMILES string of the molecule is CC(C)N(C)C(=O)c1sc(N2CCN(C)CC2)nc1N. The van der Waals surface area contributed by atoms with Crippen molar-refractivity contribution < 1.29 is 4.79 Å². The van der Waals surface area contributed by atoms with Crippen LogP contribution in [0, 0.1) is 0 Å². The van der Waals surface area contributed by atoms with Crippen LogP contribution in [0.4, 0.5) is 10.9 Å². The van der Waals surface area contributed by atoms with Crippen LogP contribution >= 0.6 is 11.3 Å². The molecule has 1 aliphatic rings. The maximum Gasteiger partial charge on any atom is 0.267 e. The smallest absolute Gasteiger partial charge is 0.267 e. The fourth-order valence-corrected chi connectivity index (χ4v) is 3.02. The maximum atomic E-state index is 12.3. The van der Waals surface area contributed by atoms with Gasteiger partial charge in [0.25, 0.3) is 5.91 Å². The van der Waals surface area contributed by atoms with Crippen LogP contribution < -0.4 is 10.6 Å². The van der Waals surface area contributed by atoms with Crippen molar-refractivity contribution in [2.24, 2.45) is 0 Å². The number of aromatic nitrogens is 1. The third-order valence-electron chi connectivity index (χ3n) is 3.71. The number of rotatable bonds is 3. The van der Waals surface area contributed by atoms with Gasteiger partial charge in [-0.2, -0.15) is 0 Å². The summed E-state index contributed by atoms with van der Waals surface area (Å²) < 4.78 is 0. The number of carbonyl (C=O) groups excluding carboxylic acids is 1. The monoisotopic (exact) mass is 297 g/mol. The molecule has 0 bridgehead atoms. The van der Waals surface area contributed by atoms with E-state index in [1.54, 1.807) is 11.9 Å². The summed E-state index contributed by atoms with van der Waals surface area (Å²) in [6, 6.07) is 0.149. The Morgan fingerprint density at radius 1 is 1.35 bits per heavy atom. The van der Waals surface area contributed by atoms with Crippen molar-refractivity contribution in [3.8, 4) is 0 Å². The highest BCUT2D eigenvalue weighted by molar-refractivity contribution is 7.18. The zero-order valence-electron chi connectivity index (χ0n) is 12.6. The quantitative estimate of drug-likeness (QED) is 0.900. The first kappa shape index (κ1) is 15.1. The number of anilines is 2. The van der Waals surface area contributed by atoms with Crippen LogP contribution in [-0.2, 0) is 0 Å². The molecule has 1 saturated heterocycles. The molecule has 1 aromatic heterocycles.